The zero-order valence-electron chi connectivity index (χ0n) is 16.5. The predicted octanol–water partition coefficient (Wildman–Crippen LogP) is 4.62. The zero-order valence-corrected chi connectivity index (χ0v) is 18.2. The van der Waals surface area contributed by atoms with Gasteiger partial charge in [0.2, 0.25) is 5.91 Å². The Morgan fingerprint density at radius 1 is 1.32 bits per heavy atom. The molecule has 0 radical (unpaired) electrons. The largest absolute Gasteiger partial charge is 0.497 e. The maximum atomic E-state index is 14.2. The van der Waals surface area contributed by atoms with Crippen molar-refractivity contribution in [3.63, 3.8) is 0 Å². The Hall–Kier alpha value is -3.24. The quantitative estimate of drug-likeness (QED) is 0.308. The average molecular weight is 456 g/mol. The van der Waals surface area contributed by atoms with Crippen LogP contribution >= 0.6 is 23.1 Å². The number of thioether (sulfide) groups is 1. The lowest BCUT2D eigenvalue weighted by Gasteiger charge is -2.08. The molecular weight excluding hydrogens is 437 g/mol. The Bertz CT molecular complexity index is 1250. The van der Waals surface area contributed by atoms with E-state index in [-0.39, 0.29) is 17.5 Å². The van der Waals surface area contributed by atoms with E-state index in [1.165, 1.54) is 29.2 Å². The summed E-state index contributed by atoms with van der Waals surface area (Å²) in [4.78, 5) is 16.9. The van der Waals surface area contributed by atoms with Crippen molar-refractivity contribution in [1.82, 2.24) is 19.7 Å². The Balaban J connectivity index is 1.47. The number of carbonyl (C=O) groups is 1. The Morgan fingerprint density at radius 3 is 2.94 bits per heavy atom. The number of aromatic nitrogens is 4. The number of hydrogen-bond donors (Lipinski definition) is 1. The van der Waals surface area contributed by atoms with Gasteiger partial charge in [-0.25, -0.2) is 9.37 Å². The molecule has 2 heterocycles. The number of allylic oxidation sites excluding steroid dienone is 1. The van der Waals surface area contributed by atoms with Crippen LogP contribution in [0.25, 0.3) is 21.6 Å². The van der Waals surface area contributed by atoms with Gasteiger partial charge in [0.15, 0.2) is 16.1 Å². The summed E-state index contributed by atoms with van der Waals surface area (Å²) in [6.07, 6.45) is 1.67. The van der Waals surface area contributed by atoms with Gasteiger partial charge in [0.05, 0.1) is 28.6 Å². The van der Waals surface area contributed by atoms with Gasteiger partial charge in [0.1, 0.15) is 11.6 Å². The van der Waals surface area contributed by atoms with Crippen LogP contribution in [0, 0.1) is 5.82 Å². The van der Waals surface area contributed by atoms with Crippen molar-refractivity contribution < 1.29 is 13.9 Å². The van der Waals surface area contributed by atoms with Crippen molar-refractivity contribution in [1.29, 1.82) is 0 Å². The number of nitrogens with zero attached hydrogens (tertiary/aromatic N) is 4. The highest BCUT2D eigenvalue weighted by Gasteiger charge is 2.18. The molecule has 31 heavy (non-hydrogen) atoms. The summed E-state index contributed by atoms with van der Waals surface area (Å²) in [7, 11) is 1.60. The van der Waals surface area contributed by atoms with E-state index in [2.05, 4.69) is 27.1 Å². The van der Waals surface area contributed by atoms with E-state index in [9.17, 15) is 9.18 Å². The van der Waals surface area contributed by atoms with Crippen LogP contribution in [-0.2, 0) is 11.3 Å². The van der Waals surface area contributed by atoms with Crippen molar-refractivity contribution in [2.75, 3.05) is 18.2 Å². The lowest BCUT2D eigenvalue weighted by atomic mass is 10.2. The maximum Gasteiger partial charge on any atom is 0.236 e. The Kier molecular flexibility index (Phi) is 6.28. The van der Waals surface area contributed by atoms with Crippen LogP contribution in [0.2, 0.25) is 0 Å². The molecule has 0 spiro atoms. The number of methoxy groups -OCH3 is 1. The molecule has 1 amide bonds. The minimum Gasteiger partial charge on any atom is -0.497 e. The molecule has 1 N–H and O–H groups in total. The topological polar surface area (TPSA) is 81.9 Å². The zero-order chi connectivity index (χ0) is 21.8. The number of amides is 1. The molecule has 0 aliphatic heterocycles. The molecule has 0 aliphatic rings. The molecule has 0 saturated carbocycles. The number of thiazole rings is 1. The third kappa shape index (κ3) is 4.59. The molecule has 0 bridgehead atoms. The molecule has 0 atom stereocenters. The minimum atomic E-state index is -0.387. The van der Waals surface area contributed by atoms with Gasteiger partial charge < -0.3 is 10.1 Å². The predicted molar refractivity (Wildman–Crippen MR) is 121 cm³/mol. The number of halogens is 1. The molecule has 4 aromatic rings. The second-order valence-electron chi connectivity index (χ2n) is 6.37. The van der Waals surface area contributed by atoms with Gasteiger partial charge in [-0.05, 0) is 30.3 Å². The molecule has 7 nitrogen and oxygen atoms in total. The summed E-state index contributed by atoms with van der Waals surface area (Å²) in [6.45, 7) is 4.13. The average Bonchev–Trinajstić information content (AvgIpc) is 3.35. The number of fused-ring (bicyclic) bond motifs is 1. The van der Waals surface area contributed by atoms with Crippen LogP contribution in [-0.4, -0.2) is 38.5 Å². The third-order valence-electron chi connectivity index (χ3n) is 4.32. The van der Waals surface area contributed by atoms with Crippen molar-refractivity contribution in [2.24, 2.45) is 0 Å². The lowest BCUT2D eigenvalue weighted by Crippen LogP contribution is -2.14. The number of nitrogens with one attached hydrogen (secondary N) is 1. The highest BCUT2D eigenvalue weighted by molar-refractivity contribution is 7.99. The van der Waals surface area contributed by atoms with Crippen LogP contribution in [0.15, 0.2) is 60.3 Å². The van der Waals surface area contributed by atoms with Crippen LogP contribution in [0.4, 0.5) is 9.52 Å². The first-order valence-corrected chi connectivity index (χ1v) is 11.1. The van der Waals surface area contributed by atoms with Gasteiger partial charge in [-0.1, -0.05) is 41.3 Å². The standard InChI is InChI=1S/C21H18FN5O2S2/c1-3-10-27-19(14-6-4-5-7-15(14)22)25-26-21(27)30-12-18(28)24-20-23-16-9-8-13(29-2)11-17(16)31-20/h3-9,11H,1,10,12H2,2H3,(H,23,24,28). The van der Waals surface area contributed by atoms with Crippen molar-refractivity contribution in [2.45, 2.75) is 11.7 Å². The molecule has 2 aromatic heterocycles. The van der Waals surface area contributed by atoms with Gasteiger partial charge >= 0.3 is 0 Å². The minimum absolute atomic E-state index is 0.103. The summed E-state index contributed by atoms with van der Waals surface area (Å²) >= 11 is 2.58. The van der Waals surface area contributed by atoms with E-state index in [0.717, 1.165) is 16.0 Å². The number of carbonyl (C=O) groups excluding carboxylic acids is 1. The van der Waals surface area contributed by atoms with Crippen LogP contribution in [0.5, 0.6) is 5.75 Å². The van der Waals surface area contributed by atoms with Crippen molar-refractivity contribution in [3.8, 4) is 17.1 Å². The summed E-state index contributed by atoms with van der Waals surface area (Å²) < 4.78 is 22.1. The number of rotatable bonds is 8. The highest BCUT2D eigenvalue weighted by Crippen LogP contribution is 2.30. The Morgan fingerprint density at radius 2 is 2.16 bits per heavy atom. The third-order valence-corrected chi connectivity index (χ3v) is 6.22. The molecule has 0 fully saturated rings. The molecule has 0 saturated heterocycles. The molecule has 10 heteroatoms. The number of anilines is 1. The lowest BCUT2D eigenvalue weighted by molar-refractivity contribution is -0.113. The fraction of sp³-hybridized carbons (Fsp3) is 0.143. The van der Waals surface area contributed by atoms with E-state index in [1.807, 2.05) is 18.2 Å². The van der Waals surface area contributed by atoms with E-state index >= 15 is 0 Å². The van der Waals surface area contributed by atoms with Crippen molar-refractivity contribution in [3.05, 3.63) is 60.9 Å². The molecule has 2 aromatic carbocycles. The number of hydrogen-bond acceptors (Lipinski definition) is 7. The van der Waals surface area contributed by atoms with E-state index < -0.39 is 0 Å². The van der Waals surface area contributed by atoms with Gasteiger partial charge in [-0.3, -0.25) is 9.36 Å². The van der Waals surface area contributed by atoms with E-state index in [1.54, 1.807) is 36.0 Å². The number of ether oxygens (including phenoxy) is 1. The molecule has 158 valence electrons. The second-order valence-corrected chi connectivity index (χ2v) is 8.35. The smallest absolute Gasteiger partial charge is 0.236 e. The fourth-order valence-corrected chi connectivity index (χ4v) is 4.56. The van der Waals surface area contributed by atoms with Crippen molar-refractivity contribution >= 4 is 44.4 Å². The molecule has 0 unspecified atom stereocenters. The van der Waals surface area contributed by atoms with Gasteiger partial charge in [-0.15, -0.1) is 16.8 Å². The summed E-state index contributed by atoms with van der Waals surface area (Å²) in [6, 6.07) is 11.9. The first kappa shape index (κ1) is 21.0. The monoisotopic (exact) mass is 455 g/mol. The molecular formula is C21H18FN5O2S2. The fourth-order valence-electron chi connectivity index (χ4n) is 2.90. The van der Waals surface area contributed by atoms with Gasteiger partial charge in [-0.2, -0.15) is 0 Å². The molecule has 4 rings (SSSR count). The Labute approximate surface area is 186 Å². The van der Waals surface area contributed by atoms with Crippen LogP contribution in [0.3, 0.4) is 0 Å². The van der Waals surface area contributed by atoms with Crippen LogP contribution in [0.1, 0.15) is 0 Å². The van der Waals surface area contributed by atoms with E-state index in [0.29, 0.717) is 28.2 Å². The number of benzene rings is 2. The summed E-state index contributed by atoms with van der Waals surface area (Å²) in [5.74, 6) is 0.614. The second kappa shape index (κ2) is 9.27. The first-order valence-electron chi connectivity index (χ1n) is 9.25. The van der Waals surface area contributed by atoms with Crippen LogP contribution < -0.4 is 10.1 Å². The summed E-state index contributed by atoms with van der Waals surface area (Å²) in [5, 5.41) is 12.1. The van der Waals surface area contributed by atoms with E-state index in [4.69, 9.17) is 4.74 Å². The van der Waals surface area contributed by atoms with Gasteiger partial charge in [0, 0.05) is 6.54 Å². The van der Waals surface area contributed by atoms with Gasteiger partial charge in [0.25, 0.3) is 0 Å². The SMILES string of the molecule is C=CCn1c(SCC(=O)Nc2nc3ccc(OC)cc3s2)nnc1-c1ccccc1F. The molecule has 0 aliphatic carbocycles. The summed E-state index contributed by atoms with van der Waals surface area (Å²) in [5.41, 5.74) is 1.13. The highest BCUT2D eigenvalue weighted by atomic mass is 32.2. The first-order chi connectivity index (χ1) is 15.1. The maximum absolute atomic E-state index is 14.2. The normalized spacial score (nSPS) is 10.9.